The molecule has 0 unspecified atom stereocenters. The van der Waals surface area contributed by atoms with E-state index in [0.29, 0.717) is 6.04 Å². The lowest BCUT2D eigenvalue weighted by Crippen LogP contribution is -3.12. The minimum atomic E-state index is 0.600. The zero-order chi connectivity index (χ0) is 15.8. The van der Waals surface area contributed by atoms with Gasteiger partial charge in [0.2, 0.25) is 4.77 Å². The van der Waals surface area contributed by atoms with E-state index in [0.717, 1.165) is 29.6 Å². The first kappa shape index (κ1) is 15.5. The highest BCUT2D eigenvalue weighted by atomic mass is 32.1. The lowest BCUT2D eigenvalue weighted by molar-refractivity contribution is -0.929. The smallest absolute Gasteiger partial charge is 0.203 e. The second-order valence-electron chi connectivity index (χ2n) is 7.15. The summed E-state index contributed by atoms with van der Waals surface area (Å²) in [6, 6.07) is 4.91. The number of thiophene rings is 1. The molecule has 2 aromatic heterocycles. The predicted octanol–water partition coefficient (Wildman–Crippen LogP) is 2.67. The van der Waals surface area contributed by atoms with Gasteiger partial charge in [0, 0.05) is 17.3 Å². The number of nitrogens with one attached hydrogen (secondary N) is 1. The van der Waals surface area contributed by atoms with Gasteiger partial charge in [0.25, 0.3) is 0 Å². The Balaban J connectivity index is 1.56. The molecule has 1 N–H and O–H groups in total. The van der Waals surface area contributed by atoms with E-state index in [1.54, 1.807) is 4.90 Å². The van der Waals surface area contributed by atoms with Crippen LogP contribution in [0.25, 0.3) is 0 Å². The molecule has 124 valence electrons. The maximum atomic E-state index is 5.77. The maximum absolute atomic E-state index is 5.77. The van der Waals surface area contributed by atoms with Gasteiger partial charge in [0.1, 0.15) is 5.82 Å². The van der Waals surface area contributed by atoms with Gasteiger partial charge in [-0.05, 0) is 55.3 Å². The molecule has 4 nitrogen and oxygen atoms in total. The summed E-state index contributed by atoms with van der Waals surface area (Å²) < 4.78 is 5.37. The minimum Gasteiger partial charge on any atom is -0.316 e. The molecule has 2 fully saturated rings. The van der Waals surface area contributed by atoms with Crippen molar-refractivity contribution in [2.45, 2.75) is 51.7 Å². The van der Waals surface area contributed by atoms with E-state index in [2.05, 4.69) is 33.7 Å². The monoisotopic (exact) mass is 349 g/mol. The molecule has 2 aliphatic rings. The highest BCUT2D eigenvalue weighted by Gasteiger charge is 2.29. The molecule has 3 heterocycles. The number of piperidine rings is 1. The Bertz CT molecular complexity index is 704. The van der Waals surface area contributed by atoms with Crippen molar-refractivity contribution in [1.29, 1.82) is 0 Å². The Morgan fingerprint density at radius 2 is 2.09 bits per heavy atom. The molecule has 4 rings (SSSR count). The third kappa shape index (κ3) is 3.44. The van der Waals surface area contributed by atoms with Gasteiger partial charge in [-0.1, -0.05) is 13.0 Å². The quantitative estimate of drug-likeness (QED) is 0.841. The molecule has 1 saturated heterocycles. The molecule has 23 heavy (non-hydrogen) atoms. The van der Waals surface area contributed by atoms with Crippen LogP contribution in [0.15, 0.2) is 17.5 Å². The average molecular weight is 350 g/mol. The van der Waals surface area contributed by atoms with Gasteiger partial charge in [-0.15, -0.1) is 11.3 Å². The Morgan fingerprint density at radius 3 is 2.74 bits per heavy atom. The fourth-order valence-electron chi connectivity index (χ4n) is 3.50. The van der Waals surface area contributed by atoms with Gasteiger partial charge in [-0.2, -0.15) is 9.78 Å². The molecule has 0 aromatic carbocycles. The zero-order valence-corrected chi connectivity index (χ0v) is 15.3. The summed E-state index contributed by atoms with van der Waals surface area (Å²) in [5.41, 5.74) is 0. The van der Waals surface area contributed by atoms with Crippen LogP contribution < -0.4 is 4.90 Å². The summed E-state index contributed by atoms with van der Waals surface area (Å²) in [4.78, 5) is 3.00. The van der Waals surface area contributed by atoms with Gasteiger partial charge in [0.05, 0.1) is 13.1 Å². The summed E-state index contributed by atoms with van der Waals surface area (Å²) in [7, 11) is 0. The van der Waals surface area contributed by atoms with Crippen LogP contribution in [0.2, 0.25) is 0 Å². The summed E-state index contributed by atoms with van der Waals surface area (Å²) in [5.74, 6) is 2.04. The van der Waals surface area contributed by atoms with Crippen molar-refractivity contribution in [2.75, 3.05) is 13.1 Å². The van der Waals surface area contributed by atoms with Crippen LogP contribution in [0.3, 0.4) is 0 Å². The minimum absolute atomic E-state index is 0.600. The molecule has 0 bridgehead atoms. The Morgan fingerprint density at radius 1 is 1.30 bits per heavy atom. The van der Waals surface area contributed by atoms with Crippen molar-refractivity contribution >= 4 is 23.6 Å². The van der Waals surface area contributed by atoms with Crippen LogP contribution in [0.1, 0.15) is 49.4 Å². The molecular weight excluding hydrogens is 324 g/mol. The van der Waals surface area contributed by atoms with Gasteiger partial charge < -0.3 is 9.47 Å². The normalized spacial score (nSPS) is 24.9. The van der Waals surface area contributed by atoms with Crippen LogP contribution in [-0.2, 0) is 13.1 Å². The van der Waals surface area contributed by atoms with Gasteiger partial charge in [-0.3, -0.25) is 0 Å². The third-order valence-electron chi connectivity index (χ3n) is 5.12. The number of quaternary nitrogens is 1. The average Bonchev–Trinajstić information content (AvgIpc) is 3.15. The summed E-state index contributed by atoms with van der Waals surface area (Å²) in [6.07, 6.45) is 6.08. The van der Waals surface area contributed by atoms with E-state index < -0.39 is 0 Å². The van der Waals surface area contributed by atoms with E-state index in [9.17, 15) is 0 Å². The zero-order valence-electron chi connectivity index (χ0n) is 13.7. The SMILES string of the molecule is CC1CC[NH+](Cn2nc(Cc3cccs3)n(C3CC3)c2=S)CC1. The van der Waals surface area contributed by atoms with Crippen molar-refractivity contribution < 1.29 is 4.90 Å². The molecule has 0 amide bonds. The molecular formula is C17H25N4S2+. The lowest BCUT2D eigenvalue weighted by atomic mass is 10.00. The van der Waals surface area contributed by atoms with Crippen molar-refractivity contribution in [1.82, 2.24) is 14.3 Å². The van der Waals surface area contributed by atoms with Crippen LogP contribution in [0.5, 0.6) is 0 Å². The third-order valence-corrected chi connectivity index (χ3v) is 6.40. The number of rotatable bonds is 5. The fourth-order valence-corrected chi connectivity index (χ4v) is 4.56. The molecule has 1 aliphatic heterocycles. The first-order valence-electron chi connectivity index (χ1n) is 8.75. The van der Waals surface area contributed by atoms with Crippen molar-refractivity contribution in [2.24, 2.45) is 5.92 Å². The second kappa shape index (κ2) is 6.49. The number of hydrogen-bond acceptors (Lipinski definition) is 3. The van der Waals surface area contributed by atoms with Crippen molar-refractivity contribution in [3.05, 3.63) is 33.0 Å². The molecule has 0 spiro atoms. The summed E-state index contributed by atoms with van der Waals surface area (Å²) >= 11 is 7.58. The standard InChI is InChI=1S/C17H24N4S2/c1-13-6-8-19(9-7-13)12-20-17(22)21(14-4-5-14)16(18-20)11-15-3-2-10-23-15/h2-3,10,13-14H,4-9,11-12H2,1H3/p+1. The highest BCUT2D eigenvalue weighted by Crippen LogP contribution is 2.36. The summed E-state index contributed by atoms with van der Waals surface area (Å²) in [5, 5.41) is 7.06. The molecule has 0 atom stereocenters. The molecule has 0 radical (unpaired) electrons. The number of nitrogens with zero attached hydrogens (tertiary/aromatic N) is 3. The van der Waals surface area contributed by atoms with Crippen LogP contribution in [-0.4, -0.2) is 27.4 Å². The predicted molar refractivity (Wildman–Crippen MR) is 95.5 cm³/mol. The highest BCUT2D eigenvalue weighted by molar-refractivity contribution is 7.71. The molecule has 2 aromatic rings. The van der Waals surface area contributed by atoms with E-state index in [-0.39, 0.29) is 0 Å². The topological polar surface area (TPSA) is 27.2 Å². The van der Waals surface area contributed by atoms with E-state index in [1.165, 1.54) is 43.6 Å². The summed E-state index contributed by atoms with van der Waals surface area (Å²) in [6.45, 7) is 5.80. The fraction of sp³-hybridized carbons (Fsp3) is 0.647. The largest absolute Gasteiger partial charge is 0.316 e. The first-order valence-corrected chi connectivity index (χ1v) is 10.0. The molecule has 1 saturated carbocycles. The number of aromatic nitrogens is 3. The lowest BCUT2D eigenvalue weighted by Gasteiger charge is -2.26. The number of likely N-dealkylation sites (tertiary alicyclic amines) is 1. The van der Waals surface area contributed by atoms with E-state index in [4.69, 9.17) is 17.3 Å². The number of hydrogen-bond donors (Lipinski definition) is 1. The Labute approximate surface area is 146 Å². The maximum Gasteiger partial charge on any atom is 0.203 e. The van der Waals surface area contributed by atoms with Gasteiger partial charge in [0.15, 0.2) is 6.67 Å². The van der Waals surface area contributed by atoms with Crippen LogP contribution in [0.4, 0.5) is 0 Å². The second-order valence-corrected chi connectivity index (χ2v) is 8.54. The van der Waals surface area contributed by atoms with Gasteiger partial charge in [-0.25, -0.2) is 0 Å². The van der Waals surface area contributed by atoms with Crippen molar-refractivity contribution in [3.8, 4) is 0 Å². The molecule has 1 aliphatic carbocycles. The Kier molecular flexibility index (Phi) is 4.39. The van der Waals surface area contributed by atoms with Crippen LogP contribution >= 0.6 is 23.6 Å². The van der Waals surface area contributed by atoms with Crippen molar-refractivity contribution in [3.63, 3.8) is 0 Å². The van der Waals surface area contributed by atoms with Gasteiger partial charge >= 0.3 is 0 Å². The molecule has 6 heteroatoms. The van der Waals surface area contributed by atoms with Crippen LogP contribution in [0, 0.1) is 10.7 Å². The first-order chi connectivity index (χ1) is 11.2. The van der Waals surface area contributed by atoms with E-state index >= 15 is 0 Å². The van der Waals surface area contributed by atoms with E-state index in [1.807, 2.05) is 11.3 Å². The Hall–Kier alpha value is -0.980.